The smallest absolute Gasteiger partial charge is 0.326 e. The molecule has 1 N–H and O–H groups in total. The summed E-state index contributed by atoms with van der Waals surface area (Å²) in [5.74, 6) is 0.392. The Hall–Kier alpha value is -2.04. The minimum absolute atomic E-state index is 0.0466. The summed E-state index contributed by atoms with van der Waals surface area (Å²) in [6, 6.07) is 7.02. The lowest BCUT2D eigenvalue weighted by Crippen LogP contribution is -2.43. The summed E-state index contributed by atoms with van der Waals surface area (Å²) < 4.78 is 5.19. The molecule has 1 amide bonds. The first-order chi connectivity index (χ1) is 11.1. The lowest BCUT2D eigenvalue weighted by Gasteiger charge is -2.24. The molecule has 1 saturated heterocycles. The maximum Gasteiger partial charge on any atom is 0.326 e. The molecule has 1 aromatic rings. The molecule has 3 unspecified atom stereocenters. The number of aliphatic carboxylic acids is 1. The number of likely N-dealkylation sites (tertiary alicyclic amines) is 1. The largest absolute Gasteiger partial charge is 0.497 e. The van der Waals surface area contributed by atoms with Crippen LogP contribution in [-0.4, -0.2) is 41.6 Å². The van der Waals surface area contributed by atoms with Crippen LogP contribution in [0.15, 0.2) is 24.3 Å². The number of rotatable bonds is 5. The molecule has 1 aliphatic carbocycles. The van der Waals surface area contributed by atoms with Gasteiger partial charge in [0.1, 0.15) is 11.8 Å². The Morgan fingerprint density at radius 2 is 2.17 bits per heavy atom. The summed E-state index contributed by atoms with van der Waals surface area (Å²) in [6.45, 7) is 0.610. The summed E-state index contributed by atoms with van der Waals surface area (Å²) >= 11 is 0. The zero-order chi connectivity index (χ0) is 16.4. The van der Waals surface area contributed by atoms with E-state index in [9.17, 15) is 14.7 Å². The van der Waals surface area contributed by atoms with Gasteiger partial charge in [-0.25, -0.2) is 4.79 Å². The standard InChI is InChI=1S/C18H23NO4/c1-23-14-6-2-4-12(10-14)8-9-16(20)19-11-13-5-3-7-15(13)17(19)18(21)22/h2,4,6,10,13,15,17H,3,5,7-9,11H2,1H3,(H,21,22). The van der Waals surface area contributed by atoms with E-state index in [1.54, 1.807) is 12.0 Å². The molecule has 23 heavy (non-hydrogen) atoms. The quantitative estimate of drug-likeness (QED) is 0.905. The average molecular weight is 317 g/mol. The van der Waals surface area contributed by atoms with Crippen LogP contribution in [0.3, 0.4) is 0 Å². The van der Waals surface area contributed by atoms with Crippen molar-refractivity contribution < 1.29 is 19.4 Å². The third-order valence-corrected chi connectivity index (χ3v) is 5.23. The van der Waals surface area contributed by atoms with Gasteiger partial charge in [-0.2, -0.15) is 0 Å². The zero-order valence-electron chi connectivity index (χ0n) is 13.4. The van der Waals surface area contributed by atoms with Gasteiger partial charge in [0.25, 0.3) is 0 Å². The Kier molecular flexibility index (Phi) is 4.55. The highest BCUT2D eigenvalue weighted by atomic mass is 16.5. The number of fused-ring (bicyclic) bond motifs is 1. The monoisotopic (exact) mass is 317 g/mol. The predicted molar refractivity (Wildman–Crippen MR) is 85.3 cm³/mol. The number of carboxylic acid groups (broad SMARTS) is 1. The lowest BCUT2D eigenvalue weighted by atomic mass is 9.94. The second-order valence-electron chi connectivity index (χ2n) is 6.54. The van der Waals surface area contributed by atoms with Gasteiger partial charge in [-0.3, -0.25) is 4.79 Å². The van der Waals surface area contributed by atoms with Gasteiger partial charge in [0.15, 0.2) is 0 Å². The third-order valence-electron chi connectivity index (χ3n) is 5.23. The van der Waals surface area contributed by atoms with Crippen molar-refractivity contribution >= 4 is 11.9 Å². The number of hydrogen-bond acceptors (Lipinski definition) is 3. The van der Waals surface area contributed by atoms with E-state index in [0.29, 0.717) is 25.3 Å². The third kappa shape index (κ3) is 3.19. The number of hydrogen-bond donors (Lipinski definition) is 1. The van der Waals surface area contributed by atoms with E-state index >= 15 is 0 Å². The van der Waals surface area contributed by atoms with E-state index in [1.807, 2.05) is 24.3 Å². The number of aryl methyl sites for hydroxylation is 1. The van der Waals surface area contributed by atoms with Crippen LogP contribution in [0.5, 0.6) is 5.75 Å². The number of carbonyl (C=O) groups is 2. The van der Waals surface area contributed by atoms with Crippen molar-refractivity contribution in [3.63, 3.8) is 0 Å². The second-order valence-corrected chi connectivity index (χ2v) is 6.54. The molecule has 1 aliphatic heterocycles. The molecule has 2 aliphatic rings. The van der Waals surface area contributed by atoms with Crippen LogP contribution in [-0.2, 0) is 16.0 Å². The summed E-state index contributed by atoms with van der Waals surface area (Å²) in [5.41, 5.74) is 1.03. The first-order valence-electron chi connectivity index (χ1n) is 8.25. The summed E-state index contributed by atoms with van der Waals surface area (Å²) in [5, 5.41) is 9.52. The van der Waals surface area contributed by atoms with Crippen molar-refractivity contribution in [3.8, 4) is 5.75 Å². The van der Waals surface area contributed by atoms with Gasteiger partial charge in [0.2, 0.25) is 5.91 Å². The molecule has 3 rings (SSSR count). The average Bonchev–Trinajstić information content (AvgIpc) is 3.13. The first-order valence-corrected chi connectivity index (χ1v) is 8.25. The van der Waals surface area contributed by atoms with Crippen molar-refractivity contribution in [2.45, 2.75) is 38.1 Å². The molecule has 1 aromatic carbocycles. The molecular formula is C18H23NO4. The summed E-state index contributed by atoms with van der Waals surface area (Å²) in [4.78, 5) is 25.8. The summed E-state index contributed by atoms with van der Waals surface area (Å²) in [6.07, 6.45) is 4.02. The van der Waals surface area contributed by atoms with Crippen molar-refractivity contribution in [2.75, 3.05) is 13.7 Å². The van der Waals surface area contributed by atoms with Crippen molar-refractivity contribution in [2.24, 2.45) is 11.8 Å². The van der Waals surface area contributed by atoms with Crippen LogP contribution in [0.25, 0.3) is 0 Å². The van der Waals surface area contributed by atoms with Crippen LogP contribution in [0.2, 0.25) is 0 Å². The van der Waals surface area contributed by atoms with Gasteiger partial charge in [0, 0.05) is 13.0 Å². The fraction of sp³-hybridized carbons (Fsp3) is 0.556. The molecule has 2 fully saturated rings. The van der Waals surface area contributed by atoms with Gasteiger partial charge in [-0.1, -0.05) is 18.6 Å². The van der Waals surface area contributed by atoms with Crippen LogP contribution in [0.1, 0.15) is 31.2 Å². The molecule has 0 aromatic heterocycles. The van der Waals surface area contributed by atoms with Crippen molar-refractivity contribution in [3.05, 3.63) is 29.8 Å². The Bertz CT molecular complexity index is 600. The lowest BCUT2D eigenvalue weighted by molar-refractivity contribution is -0.149. The maximum absolute atomic E-state index is 12.6. The Morgan fingerprint density at radius 1 is 1.35 bits per heavy atom. The minimum Gasteiger partial charge on any atom is -0.497 e. The molecular weight excluding hydrogens is 294 g/mol. The Labute approximate surface area is 136 Å². The molecule has 1 heterocycles. The second kappa shape index (κ2) is 6.60. The highest BCUT2D eigenvalue weighted by Crippen LogP contribution is 2.42. The molecule has 1 saturated carbocycles. The van der Waals surface area contributed by atoms with Crippen LogP contribution >= 0.6 is 0 Å². The molecule has 0 bridgehead atoms. The SMILES string of the molecule is COc1cccc(CCC(=O)N2CC3CCCC3C2C(=O)O)c1. The summed E-state index contributed by atoms with van der Waals surface area (Å²) in [7, 11) is 1.62. The van der Waals surface area contributed by atoms with E-state index in [-0.39, 0.29) is 11.8 Å². The van der Waals surface area contributed by atoms with Gasteiger partial charge >= 0.3 is 5.97 Å². The zero-order valence-corrected chi connectivity index (χ0v) is 13.4. The van der Waals surface area contributed by atoms with Crippen LogP contribution in [0.4, 0.5) is 0 Å². The van der Waals surface area contributed by atoms with Crippen LogP contribution < -0.4 is 4.74 Å². The fourth-order valence-corrected chi connectivity index (χ4v) is 4.10. The molecule has 0 spiro atoms. The molecule has 0 radical (unpaired) electrons. The fourth-order valence-electron chi connectivity index (χ4n) is 4.10. The number of benzene rings is 1. The van der Waals surface area contributed by atoms with E-state index < -0.39 is 12.0 Å². The topological polar surface area (TPSA) is 66.8 Å². The number of ether oxygens (including phenoxy) is 1. The van der Waals surface area contributed by atoms with E-state index in [0.717, 1.165) is 30.6 Å². The van der Waals surface area contributed by atoms with Gasteiger partial charge in [0.05, 0.1) is 7.11 Å². The Balaban J connectivity index is 1.64. The molecule has 5 heteroatoms. The van der Waals surface area contributed by atoms with Crippen molar-refractivity contribution in [1.29, 1.82) is 0 Å². The van der Waals surface area contributed by atoms with Gasteiger partial charge in [-0.15, -0.1) is 0 Å². The maximum atomic E-state index is 12.6. The van der Waals surface area contributed by atoms with Crippen LogP contribution in [0, 0.1) is 11.8 Å². The molecule has 3 atom stereocenters. The molecule has 124 valence electrons. The van der Waals surface area contributed by atoms with Crippen molar-refractivity contribution in [1.82, 2.24) is 4.90 Å². The number of carboxylic acids is 1. The highest BCUT2D eigenvalue weighted by molar-refractivity contribution is 5.85. The number of nitrogens with zero attached hydrogens (tertiary/aromatic N) is 1. The predicted octanol–water partition coefficient (Wildman–Crippen LogP) is 2.34. The number of methoxy groups -OCH3 is 1. The number of amides is 1. The minimum atomic E-state index is -0.853. The first kappa shape index (κ1) is 15.8. The Morgan fingerprint density at radius 3 is 2.91 bits per heavy atom. The highest BCUT2D eigenvalue weighted by Gasteiger charge is 2.49. The van der Waals surface area contributed by atoms with E-state index in [4.69, 9.17) is 4.74 Å². The normalized spacial score (nSPS) is 26.1. The molecule has 5 nitrogen and oxygen atoms in total. The van der Waals surface area contributed by atoms with E-state index in [2.05, 4.69) is 0 Å². The van der Waals surface area contributed by atoms with Gasteiger partial charge in [-0.05, 0) is 48.8 Å². The van der Waals surface area contributed by atoms with E-state index in [1.165, 1.54) is 0 Å². The van der Waals surface area contributed by atoms with Gasteiger partial charge < -0.3 is 14.7 Å². The number of carbonyl (C=O) groups excluding carboxylic acids is 1.